The van der Waals surface area contributed by atoms with Crippen molar-refractivity contribution in [3.8, 4) is 0 Å². The van der Waals surface area contributed by atoms with Gasteiger partial charge in [-0.05, 0) is 58.3 Å². The van der Waals surface area contributed by atoms with Crippen molar-refractivity contribution >= 4 is 5.82 Å². The number of hydrogen-bond donors (Lipinski definition) is 2. The van der Waals surface area contributed by atoms with E-state index >= 15 is 0 Å². The molecule has 1 aromatic rings. The lowest BCUT2D eigenvalue weighted by Crippen LogP contribution is -2.55. The third-order valence-electron chi connectivity index (χ3n) is 5.16. The fraction of sp³-hybridized carbons (Fsp3) is 0.706. The Morgan fingerprint density at radius 2 is 2.10 bits per heavy atom. The van der Waals surface area contributed by atoms with Crippen LogP contribution in [-0.2, 0) is 0 Å². The average molecular weight is 290 g/mol. The van der Waals surface area contributed by atoms with E-state index in [9.17, 15) is 0 Å². The van der Waals surface area contributed by atoms with Gasteiger partial charge in [-0.25, -0.2) is 4.98 Å². The molecule has 0 saturated heterocycles. The first-order chi connectivity index (χ1) is 10.0. The molecule has 3 N–H and O–H groups in total. The van der Waals surface area contributed by atoms with E-state index in [0.29, 0.717) is 5.82 Å². The Morgan fingerprint density at radius 3 is 2.62 bits per heavy atom. The molecule has 1 fully saturated rings. The highest BCUT2D eigenvalue weighted by Gasteiger charge is 2.44. The molecule has 2 rings (SSSR count). The van der Waals surface area contributed by atoms with Crippen LogP contribution in [0.2, 0.25) is 0 Å². The number of anilines is 1. The van der Waals surface area contributed by atoms with Gasteiger partial charge in [-0.1, -0.05) is 19.9 Å². The van der Waals surface area contributed by atoms with Gasteiger partial charge in [-0.2, -0.15) is 0 Å². The monoisotopic (exact) mass is 290 g/mol. The van der Waals surface area contributed by atoms with Gasteiger partial charge in [0.15, 0.2) is 0 Å². The van der Waals surface area contributed by atoms with Crippen molar-refractivity contribution in [1.82, 2.24) is 15.2 Å². The SMILES string of the molecule is CCNC(c1cccnc1N)C1(N(C)C)CCC(C)CC1. The number of likely N-dealkylation sites (N-methyl/N-ethyl adjacent to an activating group) is 2. The van der Waals surface area contributed by atoms with Crippen LogP contribution in [0.25, 0.3) is 0 Å². The fourth-order valence-electron chi connectivity index (χ4n) is 3.72. The summed E-state index contributed by atoms with van der Waals surface area (Å²) in [6, 6.07) is 4.35. The maximum absolute atomic E-state index is 6.18. The summed E-state index contributed by atoms with van der Waals surface area (Å²) >= 11 is 0. The molecule has 21 heavy (non-hydrogen) atoms. The number of pyridine rings is 1. The quantitative estimate of drug-likeness (QED) is 0.875. The van der Waals surface area contributed by atoms with Crippen LogP contribution in [0.4, 0.5) is 5.82 Å². The van der Waals surface area contributed by atoms with E-state index < -0.39 is 0 Å². The van der Waals surface area contributed by atoms with Gasteiger partial charge in [0, 0.05) is 17.3 Å². The van der Waals surface area contributed by atoms with Crippen LogP contribution in [0.15, 0.2) is 18.3 Å². The Hall–Kier alpha value is -1.13. The van der Waals surface area contributed by atoms with Crippen LogP contribution in [0, 0.1) is 5.92 Å². The molecular weight excluding hydrogens is 260 g/mol. The molecule has 4 heteroatoms. The summed E-state index contributed by atoms with van der Waals surface area (Å²) in [7, 11) is 4.40. The molecule has 0 spiro atoms. The number of hydrogen-bond acceptors (Lipinski definition) is 4. The second-order valence-electron chi connectivity index (χ2n) is 6.65. The van der Waals surface area contributed by atoms with E-state index in [1.54, 1.807) is 6.20 Å². The van der Waals surface area contributed by atoms with Crippen LogP contribution in [0.5, 0.6) is 0 Å². The highest BCUT2D eigenvalue weighted by molar-refractivity contribution is 5.42. The molecular formula is C17H30N4. The molecule has 0 aromatic carbocycles. The molecule has 1 saturated carbocycles. The second-order valence-corrected chi connectivity index (χ2v) is 6.65. The molecule has 1 heterocycles. The van der Waals surface area contributed by atoms with Crippen LogP contribution in [-0.4, -0.2) is 36.1 Å². The maximum atomic E-state index is 6.18. The zero-order chi connectivity index (χ0) is 15.5. The standard InChI is InChI=1S/C17H30N4/c1-5-19-15(14-7-6-12-20-16(14)18)17(21(3)4)10-8-13(2)9-11-17/h6-7,12-13,15,19H,5,8-11H2,1-4H3,(H2,18,20). The minimum Gasteiger partial charge on any atom is -0.383 e. The van der Waals surface area contributed by atoms with E-state index in [1.807, 2.05) is 6.07 Å². The molecule has 4 nitrogen and oxygen atoms in total. The van der Waals surface area contributed by atoms with Crippen molar-refractivity contribution < 1.29 is 0 Å². The highest BCUT2D eigenvalue weighted by Crippen LogP contribution is 2.44. The van der Waals surface area contributed by atoms with Gasteiger partial charge >= 0.3 is 0 Å². The Morgan fingerprint density at radius 1 is 1.43 bits per heavy atom. The normalized spacial score (nSPS) is 27.8. The maximum Gasteiger partial charge on any atom is 0.128 e. The topological polar surface area (TPSA) is 54.2 Å². The Kier molecular flexibility index (Phi) is 5.22. The summed E-state index contributed by atoms with van der Waals surface area (Å²) in [6.07, 6.45) is 6.73. The second kappa shape index (κ2) is 6.75. The first-order valence-corrected chi connectivity index (χ1v) is 8.12. The minimum atomic E-state index is 0.125. The fourth-order valence-corrected chi connectivity index (χ4v) is 3.72. The van der Waals surface area contributed by atoms with Gasteiger partial charge in [0.2, 0.25) is 0 Å². The predicted molar refractivity (Wildman–Crippen MR) is 89.1 cm³/mol. The molecule has 118 valence electrons. The van der Waals surface area contributed by atoms with Crippen molar-refractivity contribution in [1.29, 1.82) is 0 Å². The number of nitrogen functional groups attached to an aromatic ring is 1. The third kappa shape index (κ3) is 3.22. The molecule has 1 aliphatic carbocycles. The van der Waals surface area contributed by atoms with Crippen LogP contribution in [0.1, 0.15) is 51.1 Å². The average Bonchev–Trinajstić information content (AvgIpc) is 2.47. The van der Waals surface area contributed by atoms with Gasteiger partial charge < -0.3 is 16.0 Å². The van der Waals surface area contributed by atoms with Gasteiger partial charge in [-0.3, -0.25) is 0 Å². The molecule has 0 radical (unpaired) electrons. The summed E-state index contributed by atoms with van der Waals surface area (Å²) in [5.41, 5.74) is 7.44. The van der Waals surface area contributed by atoms with Crippen LogP contribution in [0.3, 0.4) is 0 Å². The van der Waals surface area contributed by atoms with E-state index in [0.717, 1.165) is 18.0 Å². The van der Waals surface area contributed by atoms with Crippen LogP contribution >= 0.6 is 0 Å². The highest BCUT2D eigenvalue weighted by atomic mass is 15.2. The summed E-state index contributed by atoms with van der Waals surface area (Å²) in [4.78, 5) is 6.70. The Balaban J connectivity index is 2.40. The molecule has 1 unspecified atom stereocenters. The van der Waals surface area contributed by atoms with Crippen molar-refractivity contribution in [3.05, 3.63) is 23.9 Å². The molecule has 1 atom stereocenters. The van der Waals surface area contributed by atoms with Gasteiger partial charge in [0.25, 0.3) is 0 Å². The van der Waals surface area contributed by atoms with Crippen molar-refractivity contribution in [2.24, 2.45) is 5.92 Å². The lowest BCUT2D eigenvalue weighted by atomic mass is 9.70. The number of nitrogens with one attached hydrogen (secondary N) is 1. The van der Waals surface area contributed by atoms with Crippen LogP contribution < -0.4 is 11.1 Å². The predicted octanol–water partition coefficient (Wildman–Crippen LogP) is 2.82. The summed E-state index contributed by atoms with van der Waals surface area (Å²) in [5.74, 6) is 1.48. The van der Waals surface area contributed by atoms with E-state index in [2.05, 4.69) is 49.2 Å². The number of nitrogens with two attached hydrogens (primary N) is 1. The largest absolute Gasteiger partial charge is 0.383 e. The van der Waals surface area contributed by atoms with Gasteiger partial charge in [-0.15, -0.1) is 0 Å². The minimum absolute atomic E-state index is 0.125. The number of aromatic nitrogens is 1. The zero-order valence-electron chi connectivity index (χ0n) is 13.9. The smallest absolute Gasteiger partial charge is 0.128 e. The third-order valence-corrected chi connectivity index (χ3v) is 5.16. The molecule has 0 aliphatic heterocycles. The van der Waals surface area contributed by atoms with Crippen molar-refractivity contribution in [2.75, 3.05) is 26.4 Å². The molecule has 1 aromatic heterocycles. The molecule has 1 aliphatic rings. The first kappa shape index (κ1) is 16.2. The van der Waals surface area contributed by atoms with E-state index in [-0.39, 0.29) is 11.6 Å². The van der Waals surface area contributed by atoms with E-state index in [4.69, 9.17) is 5.73 Å². The van der Waals surface area contributed by atoms with Crippen molar-refractivity contribution in [2.45, 2.75) is 51.1 Å². The summed E-state index contributed by atoms with van der Waals surface area (Å²) in [5, 5.41) is 3.68. The summed E-state index contributed by atoms with van der Waals surface area (Å²) < 4.78 is 0. The van der Waals surface area contributed by atoms with E-state index in [1.165, 1.54) is 25.7 Å². The zero-order valence-corrected chi connectivity index (χ0v) is 13.9. The van der Waals surface area contributed by atoms with Gasteiger partial charge in [0.05, 0.1) is 6.04 Å². The lowest BCUT2D eigenvalue weighted by Gasteiger charge is -2.50. The first-order valence-electron chi connectivity index (χ1n) is 8.12. The van der Waals surface area contributed by atoms with Crippen molar-refractivity contribution in [3.63, 3.8) is 0 Å². The Labute approximate surface area is 129 Å². The number of nitrogens with zero attached hydrogens (tertiary/aromatic N) is 2. The molecule has 0 amide bonds. The number of rotatable bonds is 5. The summed E-state index contributed by atoms with van der Waals surface area (Å²) in [6.45, 7) is 5.46. The van der Waals surface area contributed by atoms with Gasteiger partial charge in [0.1, 0.15) is 5.82 Å². The molecule has 0 bridgehead atoms. The Bertz CT molecular complexity index is 450. The lowest BCUT2D eigenvalue weighted by molar-refractivity contribution is 0.0435.